The highest BCUT2D eigenvalue weighted by atomic mass is 32.2. The topological polar surface area (TPSA) is 53.9 Å². The van der Waals surface area contributed by atoms with Crippen molar-refractivity contribution < 1.29 is 27.2 Å². The smallest absolute Gasteiger partial charge is 0.392 e. The van der Waals surface area contributed by atoms with Crippen molar-refractivity contribution in [1.82, 2.24) is 0 Å². The van der Waals surface area contributed by atoms with E-state index < -0.39 is 35.3 Å². The van der Waals surface area contributed by atoms with Gasteiger partial charge in [0.15, 0.2) is 0 Å². The zero-order chi connectivity index (χ0) is 22.9. The van der Waals surface area contributed by atoms with Crippen molar-refractivity contribution in [2.24, 2.45) is 9.81 Å². The number of halogens is 3. The fourth-order valence-corrected chi connectivity index (χ4v) is 5.17. The molecule has 31 heavy (non-hydrogen) atoms. The van der Waals surface area contributed by atoms with Crippen LogP contribution in [0.3, 0.4) is 0 Å². The van der Waals surface area contributed by atoms with Crippen LogP contribution in [-0.4, -0.2) is 41.5 Å². The Bertz CT molecular complexity index is 783. The second-order valence-electron chi connectivity index (χ2n) is 9.64. The average molecular weight is 460 g/mol. The Morgan fingerprint density at radius 1 is 1.23 bits per heavy atom. The molecule has 1 aromatic carbocycles. The molecule has 2 aliphatic rings. The Morgan fingerprint density at radius 3 is 2.48 bits per heavy atom. The average Bonchev–Trinajstić information content (AvgIpc) is 2.97. The van der Waals surface area contributed by atoms with Crippen LogP contribution in [0.5, 0.6) is 5.75 Å². The van der Waals surface area contributed by atoms with Crippen molar-refractivity contribution in [3.05, 3.63) is 29.3 Å². The Labute approximate surface area is 185 Å². The van der Waals surface area contributed by atoms with Gasteiger partial charge >= 0.3 is 6.18 Å². The van der Waals surface area contributed by atoms with Gasteiger partial charge in [-0.1, -0.05) is 10.5 Å². The molecule has 1 aromatic rings. The minimum atomic E-state index is -4.24. The van der Waals surface area contributed by atoms with Crippen molar-refractivity contribution in [2.75, 3.05) is 13.7 Å². The number of fused-ring (bicyclic) bond motifs is 1. The number of benzene rings is 1. The molecule has 0 heterocycles. The highest BCUT2D eigenvalue weighted by Gasteiger charge is 2.48. The Kier molecular flexibility index (Phi) is 7.33. The third-order valence-electron chi connectivity index (χ3n) is 6.40. The van der Waals surface area contributed by atoms with Crippen LogP contribution in [0, 0.1) is 5.41 Å². The molecule has 2 unspecified atom stereocenters. The normalized spacial score (nSPS) is 27.6. The number of nitrogens with zero attached hydrogens (tertiary/aromatic N) is 1. The van der Waals surface area contributed by atoms with E-state index in [0.29, 0.717) is 5.75 Å². The summed E-state index contributed by atoms with van der Waals surface area (Å²) >= 11 is -1.37. The highest BCUT2D eigenvalue weighted by molar-refractivity contribution is 7.91. The Hall–Kier alpha value is -1.25. The number of methoxy groups -OCH3 is 1. The molecule has 4 nitrogen and oxygen atoms in total. The highest BCUT2D eigenvalue weighted by Crippen LogP contribution is 2.55. The van der Waals surface area contributed by atoms with E-state index in [2.05, 4.69) is 4.40 Å². The summed E-state index contributed by atoms with van der Waals surface area (Å²) in [5.41, 5.74) is 2.15. The van der Waals surface area contributed by atoms with Gasteiger partial charge in [0, 0.05) is 13.0 Å². The molecule has 0 aromatic heterocycles. The summed E-state index contributed by atoms with van der Waals surface area (Å²) in [7, 11) is 1.74. The Balaban J connectivity index is 1.86. The monoisotopic (exact) mass is 459 g/mol. The first-order chi connectivity index (χ1) is 14.4. The molecule has 0 amide bonds. The van der Waals surface area contributed by atoms with Gasteiger partial charge in [0.05, 0.1) is 25.3 Å². The Morgan fingerprint density at radius 2 is 1.90 bits per heavy atom. The predicted octanol–water partition coefficient (Wildman–Crippen LogP) is 5.77. The fourth-order valence-electron chi connectivity index (χ4n) is 4.62. The molecule has 174 valence electrons. The lowest BCUT2D eigenvalue weighted by Gasteiger charge is -2.40. The van der Waals surface area contributed by atoms with Crippen LogP contribution in [0.4, 0.5) is 13.2 Å². The van der Waals surface area contributed by atoms with Gasteiger partial charge < -0.3 is 14.0 Å². The van der Waals surface area contributed by atoms with E-state index in [0.717, 1.165) is 43.2 Å². The largest absolute Gasteiger partial charge is 0.591 e. The molecule has 0 saturated heterocycles. The van der Waals surface area contributed by atoms with Crippen LogP contribution >= 0.6 is 0 Å². The van der Waals surface area contributed by atoms with Crippen molar-refractivity contribution in [3.63, 3.8) is 0 Å². The summed E-state index contributed by atoms with van der Waals surface area (Å²) in [4.78, 5) is 0. The quantitative estimate of drug-likeness (QED) is 0.401. The maximum absolute atomic E-state index is 12.6. The molecule has 2 atom stereocenters. The van der Waals surface area contributed by atoms with E-state index in [1.807, 2.05) is 39.1 Å². The van der Waals surface area contributed by atoms with E-state index in [-0.39, 0.29) is 17.4 Å². The zero-order valence-electron chi connectivity index (χ0n) is 18.6. The van der Waals surface area contributed by atoms with Gasteiger partial charge in [-0.3, -0.25) is 0 Å². The molecule has 0 radical (unpaired) electrons. The second kappa shape index (κ2) is 9.32. The van der Waals surface area contributed by atoms with Crippen LogP contribution in [-0.2, 0) is 22.5 Å². The second-order valence-corrected chi connectivity index (χ2v) is 11.6. The first-order valence-electron chi connectivity index (χ1n) is 10.7. The molecule has 0 aliphatic heterocycles. The zero-order valence-corrected chi connectivity index (χ0v) is 19.4. The SMILES string of the molecule is CO[C@H]1CC[C@]2(CC1)Cc1ccc(OCCC(F)(F)F)cc1C2/C=N/[S+]([O-])C(C)(C)C. The molecular weight excluding hydrogens is 427 g/mol. The predicted molar refractivity (Wildman–Crippen MR) is 117 cm³/mol. The molecule has 8 heteroatoms. The lowest BCUT2D eigenvalue weighted by Crippen LogP contribution is -2.35. The first-order valence-corrected chi connectivity index (χ1v) is 11.9. The summed E-state index contributed by atoms with van der Waals surface area (Å²) in [6, 6.07) is 5.55. The minimum Gasteiger partial charge on any atom is -0.591 e. The van der Waals surface area contributed by atoms with Gasteiger partial charge in [0.25, 0.3) is 0 Å². The van der Waals surface area contributed by atoms with Crippen LogP contribution in [0.1, 0.15) is 69.9 Å². The fraction of sp³-hybridized carbons (Fsp3) is 0.696. The lowest BCUT2D eigenvalue weighted by atomic mass is 9.66. The number of hydrogen-bond donors (Lipinski definition) is 0. The van der Waals surface area contributed by atoms with Crippen molar-refractivity contribution >= 4 is 17.6 Å². The molecular formula is C23H32F3NO3S. The summed E-state index contributed by atoms with van der Waals surface area (Å²) in [6.07, 6.45) is 1.54. The maximum Gasteiger partial charge on any atom is 0.392 e. The van der Waals surface area contributed by atoms with Crippen molar-refractivity contribution in [3.8, 4) is 5.75 Å². The molecule has 1 saturated carbocycles. The van der Waals surface area contributed by atoms with E-state index in [1.54, 1.807) is 13.2 Å². The van der Waals surface area contributed by atoms with Gasteiger partial charge in [-0.2, -0.15) is 13.2 Å². The van der Waals surface area contributed by atoms with Crippen LogP contribution in [0.2, 0.25) is 0 Å². The number of hydrogen-bond acceptors (Lipinski definition) is 4. The first kappa shape index (κ1) is 24.4. The number of ether oxygens (including phenoxy) is 2. The summed E-state index contributed by atoms with van der Waals surface area (Å²) in [6.45, 7) is 5.25. The van der Waals surface area contributed by atoms with Gasteiger partial charge in [0.2, 0.25) is 0 Å². The van der Waals surface area contributed by atoms with Crippen molar-refractivity contribution in [1.29, 1.82) is 0 Å². The van der Waals surface area contributed by atoms with Crippen LogP contribution in [0.15, 0.2) is 22.6 Å². The maximum atomic E-state index is 12.6. The molecule has 1 fully saturated rings. The van der Waals surface area contributed by atoms with Gasteiger partial charge in [-0.15, -0.1) is 0 Å². The number of rotatable bonds is 6. The van der Waals surface area contributed by atoms with Crippen molar-refractivity contribution in [2.45, 2.75) is 82.2 Å². The van der Waals surface area contributed by atoms with E-state index in [4.69, 9.17) is 9.47 Å². The molecule has 0 N–H and O–H groups in total. The lowest BCUT2D eigenvalue weighted by molar-refractivity contribution is -0.139. The molecule has 3 rings (SSSR count). The summed E-state index contributed by atoms with van der Waals surface area (Å²) in [5, 5.41) is 0. The third-order valence-corrected chi connectivity index (χ3v) is 7.76. The van der Waals surface area contributed by atoms with Crippen LogP contribution in [0.25, 0.3) is 0 Å². The van der Waals surface area contributed by atoms with Gasteiger partial charge in [-0.05, 0) is 81.5 Å². The molecule has 0 bridgehead atoms. The minimum absolute atomic E-state index is 0.0342. The summed E-state index contributed by atoms with van der Waals surface area (Å²) < 4.78 is 64.9. The van der Waals surface area contributed by atoms with E-state index in [9.17, 15) is 17.7 Å². The molecule has 1 spiro atoms. The van der Waals surface area contributed by atoms with Gasteiger partial charge in [0.1, 0.15) is 21.9 Å². The van der Waals surface area contributed by atoms with Crippen LogP contribution < -0.4 is 4.74 Å². The summed E-state index contributed by atoms with van der Waals surface area (Å²) in [5.74, 6) is 0.388. The standard InChI is InChI=1S/C23H32F3NO3S/c1-21(2,3)31(28)27-15-20-19-13-18(30-12-11-23(24,25)26)6-5-16(19)14-22(20)9-7-17(29-4)8-10-22/h5-6,13,15,17,20H,7-12,14H2,1-4H3/b27-15+/t17-,20?,22-,31?. The number of alkyl halides is 3. The van der Waals surface area contributed by atoms with Gasteiger partial charge in [-0.25, -0.2) is 0 Å². The third kappa shape index (κ3) is 5.96. The molecule has 2 aliphatic carbocycles. The van der Waals surface area contributed by atoms with E-state index in [1.165, 1.54) is 0 Å². The van der Waals surface area contributed by atoms with E-state index >= 15 is 0 Å².